The summed E-state index contributed by atoms with van der Waals surface area (Å²) in [5.41, 5.74) is 2.73. The fourth-order valence-corrected chi connectivity index (χ4v) is 2.83. The Morgan fingerprint density at radius 3 is 2.88 bits per heavy atom. The Morgan fingerprint density at radius 2 is 2.17 bits per heavy atom. The van der Waals surface area contributed by atoms with Crippen LogP contribution in [-0.4, -0.2) is 51.8 Å². The molecule has 0 aromatic carbocycles. The number of hydrogen-bond acceptors (Lipinski definition) is 5. The number of likely N-dealkylation sites (N-methyl/N-ethyl adjacent to an activating group) is 1. The second-order valence-electron chi connectivity index (χ2n) is 6.03. The van der Waals surface area contributed by atoms with Gasteiger partial charge in [0, 0.05) is 31.8 Å². The van der Waals surface area contributed by atoms with Crippen molar-refractivity contribution in [3.05, 3.63) is 34.5 Å². The van der Waals surface area contributed by atoms with E-state index in [1.807, 2.05) is 13.8 Å². The highest BCUT2D eigenvalue weighted by Crippen LogP contribution is 2.14. The summed E-state index contributed by atoms with van der Waals surface area (Å²) in [4.78, 5) is 25.9. The van der Waals surface area contributed by atoms with Crippen LogP contribution in [0.3, 0.4) is 0 Å². The summed E-state index contributed by atoms with van der Waals surface area (Å²) < 4.78 is 6.72. The molecule has 8 heteroatoms. The maximum atomic E-state index is 12.2. The van der Waals surface area contributed by atoms with Gasteiger partial charge in [0.05, 0.1) is 12.2 Å². The molecule has 0 radical (unpaired) electrons. The van der Waals surface area contributed by atoms with Gasteiger partial charge in [-0.15, -0.1) is 0 Å². The molecule has 0 atom stereocenters. The first-order valence-corrected chi connectivity index (χ1v) is 8.00. The summed E-state index contributed by atoms with van der Waals surface area (Å²) in [6.45, 7) is 5.54. The van der Waals surface area contributed by atoms with Gasteiger partial charge in [-0.3, -0.25) is 14.3 Å². The van der Waals surface area contributed by atoms with E-state index in [-0.39, 0.29) is 17.5 Å². The van der Waals surface area contributed by atoms with Crippen LogP contribution < -0.4 is 5.32 Å². The lowest BCUT2D eigenvalue weighted by atomic mass is 10.1. The highest BCUT2D eigenvalue weighted by atomic mass is 16.5. The van der Waals surface area contributed by atoms with Gasteiger partial charge < -0.3 is 14.7 Å². The number of carbonyl (C=O) groups excluding carboxylic acids is 2. The molecule has 0 saturated carbocycles. The van der Waals surface area contributed by atoms with Crippen molar-refractivity contribution in [1.82, 2.24) is 25.2 Å². The Kier molecular flexibility index (Phi) is 4.37. The predicted molar refractivity (Wildman–Crippen MR) is 85.8 cm³/mol. The van der Waals surface area contributed by atoms with E-state index < -0.39 is 0 Å². The molecule has 0 fully saturated rings. The lowest BCUT2D eigenvalue weighted by Gasteiger charge is -2.22. The number of rotatable bonds is 5. The second kappa shape index (κ2) is 6.46. The largest absolute Gasteiger partial charge is 0.361 e. The van der Waals surface area contributed by atoms with Gasteiger partial charge in [0.25, 0.3) is 11.8 Å². The molecule has 0 aliphatic carbocycles. The molecular weight excluding hydrogens is 310 g/mol. The maximum Gasteiger partial charge on any atom is 0.271 e. The SMILES string of the molecule is Cc1noc(C)c1CCCNC(=O)c1cc2n(n1)CCN(C)C2=O. The van der Waals surface area contributed by atoms with Gasteiger partial charge in [-0.2, -0.15) is 5.10 Å². The van der Waals surface area contributed by atoms with Gasteiger partial charge >= 0.3 is 0 Å². The van der Waals surface area contributed by atoms with Crippen molar-refractivity contribution >= 4 is 11.8 Å². The molecule has 2 aromatic heterocycles. The van der Waals surface area contributed by atoms with Gasteiger partial charge in [-0.25, -0.2) is 0 Å². The molecule has 1 N–H and O–H groups in total. The van der Waals surface area contributed by atoms with E-state index in [0.29, 0.717) is 25.3 Å². The molecule has 8 nitrogen and oxygen atoms in total. The number of aromatic nitrogens is 3. The molecule has 0 bridgehead atoms. The fourth-order valence-electron chi connectivity index (χ4n) is 2.83. The number of aryl methyl sites for hydroxylation is 2. The van der Waals surface area contributed by atoms with Gasteiger partial charge in [-0.1, -0.05) is 5.16 Å². The van der Waals surface area contributed by atoms with Crippen LogP contribution in [0.4, 0.5) is 0 Å². The number of fused-ring (bicyclic) bond motifs is 1. The molecule has 24 heavy (non-hydrogen) atoms. The van der Waals surface area contributed by atoms with Gasteiger partial charge in [0.1, 0.15) is 11.5 Å². The summed E-state index contributed by atoms with van der Waals surface area (Å²) in [5, 5.41) is 11.0. The molecular formula is C16H21N5O3. The van der Waals surface area contributed by atoms with Crippen molar-refractivity contribution in [3.8, 4) is 0 Å². The lowest BCUT2D eigenvalue weighted by molar-refractivity contribution is 0.0742. The summed E-state index contributed by atoms with van der Waals surface area (Å²) >= 11 is 0. The van der Waals surface area contributed by atoms with Crippen molar-refractivity contribution < 1.29 is 14.1 Å². The first-order chi connectivity index (χ1) is 11.5. The van der Waals surface area contributed by atoms with Crippen LogP contribution in [-0.2, 0) is 13.0 Å². The van der Waals surface area contributed by atoms with E-state index >= 15 is 0 Å². The first-order valence-electron chi connectivity index (χ1n) is 8.00. The van der Waals surface area contributed by atoms with E-state index in [2.05, 4.69) is 15.6 Å². The smallest absolute Gasteiger partial charge is 0.271 e. The van der Waals surface area contributed by atoms with Crippen molar-refractivity contribution in [1.29, 1.82) is 0 Å². The van der Waals surface area contributed by atoms with Crippen molar-refractivity contribution in [3.63, 3.8) is 0 Å². The van der Waals surface area contributed by atoms with E-state index in [4.69, 9.17) is 4.52 Å². The molecule has 0 unspecified atom stereocenters. The van der Waals surface area contributed by atoms with Crippen molar-refractivity contribution in [2.24, 2.45) is 0 Å². The maximum absolute atomic E-state index is 12.2. The Hall–Kier alpha value is -2.64. The third-order valence-electron chi connectivity index (χ3n) is 4.30. The zero-order chi connectivity index (χ0) is 17.3. The van der Waals surface area contributed by atoms with Crippen LogP contribution in [0, 0.1) is 13.8 Å². The number of nitrogens with zero attached hydrogens (tertiary/aromatic N) is 4. The zero-order valence-electron chi connectivity index (χ0n) is 14.1. The minimum Gasteiger partial charge on any atom is -0.361 e. The Morgan fingerprint density at radius 1 is 1.38 bits per heavy atom. The molecule has 0 spiro atoms. The molecule has 128 valence electrons. The van der Waals surface area contributed by atoms with Gasteiger partial charge in [-0.05, 0) is 26.7 Å². The summed E-state index contributed by atoms with van der Waals surface area (Å²) in [6, 6.07) is 1.56. The summed E-state index contributed by atoms with van der Waals surface area (Å²) in [5.74, 6) is 0.459. The fraction of sp³-hybridized carbons (Fsp3) is 0.500. The van der Waals surface area contributed by atoms with Crippen LogP contribution in [0.1, 0.15) is 44.4 Å². The van der Waals surface area contributed by atoms with Crippen LogP contribution in [0.25, 0.3) is 0 Å². The molecule has 1 aliphatic heterocycles. The third kappa shape index (κ3) is 3.04. The van der Waals surface area contributed by atoms with Gasteiger partial charge in [0.15, 0.2) is 5.69 Å². The van der Waals surface area contributed by atoms with E-state index in [1.54, 1.807) is 22.7 Å². The van der Waals surface area contributed by atoms with Crippen LogP contribution in [0.15, 0.2) is 10.6 Å². The van der Waals surface area contributed by atoms with Crippen LogP contribution in [0.5, 0.6) is 0 Å². The first kappa shape index (κ1) is 16.2. The Balaban J connectivity index is 1.55. The minimum absolute atomic E-state index is 0.105. The number of nitrogens with one attached hydrogen (secondary N) is 1. The average molecular weight is 331 g/mol. The van der Waals surface area contributed by atoms with E-state index in [0.717, 1.165) is 29.9 Å². The molecule has 3 heterocycles. The predicted octanol–water partition coefficient (Wildman–Crippen LogP) is 0.936. The Labute approximate surface area is 139 Å². The standard InChI is InChI=1S/C16H21N5O3/c1-10-12(11(2)24-19-10)5-4-6-17-15(22)13-9-14-16(23)20(3)7-8-21(14)18-13/h9H,4-8H2,1-3H3,(H,17,22). The summed E-state index contributed by atoms with van der Waals surface area (Å²) in [6.07, 6.45) is 1.58. The third-order valence-corrected chi connectivity index (χ3v) is 4.30. The monoisotopic (exact) mass is 331 g/mol. The topological polar surface area (TPSA) is 93.3 Å². The zero-order valence-corrected chi connectivity index (χ0v) is 14.1. The molecule has 2 amide bonds. The van der Waals surface area contributed by atoms with E-state index in [9.17, 15) is 9.59 Å². The van der Waals surface area contributed by atoms with E-state index in [1.165, 1.54) is 0 Å². The number of amides is 2. The lowest BCUT2D eigenvalue weighted by Crippen LogP contribution is -2.37. The number of carbonyl (C=O) groups is 2. The van der Waals surface area contributed by atoms with Crippen LogP contribution in [0.2, 0.25) is 0 Å². The summed E-state index contributed by atoms with van der Waals surface area (Å²) in [7, 11) is 1.74. The van der Waals surface area contributed by atoms with Crippen molar-refractivity contribution in [2.45, 2.75) is 33.2 Å². The quantitative estimate of drug-likeness (QED) is 0.823. The normalized spacial score (nSPS) is 14.0. The highest BCUT2D eigenvalue weighted by molar-refractivity contribution is 5.98. The Bertz CT molecular complexity index is 757. The number of hydrogen-bond donors (Lipinski definition) is 1. The molecule has 1 aliphatic rings. The van der Waals surface area contributed by atoms with Crippen LogP contribution >= 0.6 is 0 Å². The van der Waals surface area contributed by atoms with Crippen molar-refractivity contribution in [2.75, 3.05) is 20.1 Å². The molecule has 3 rings (SSSR count). The van der Waals surface area contributed by atoms with Gasteiger partial charge in [0.2, 0.25) is 0 Å². The second-order valence-corrected chi connectivity index (χ2v) is 6.03. The average Bonchev–Trinajstić information content (AvgIpc) is 3.13. The molecule has 0 saturated heterocycles. The minimum atomic E-state index is -0.258. The molecule has 2 aromatic rings. The highest BCUT2D eigenvalue weighted by Gasteiger charge is 2.25.